The van der Waals surface area contributed by atoms with Crippen LogP contribution in [0.3, 0.4) is 0 Å². The lowest BCUT2D eigenvalue weighted by Crippen LogP contribution is -2.58. The van der Waals surface area contributed by atoms with Crippen molar-refractivity contribution in [3.05, 3.63) is 175 Å². The van der Waals surface area contributed by atoms with E-state index in [9.17, 15) is 14.4 Å². The van der Waals surface area contributed by atoms with Crippen molar-refractivity contribution < 1.29 is 4.79 Å². The van der Waals surface area contributed by atoms with Gasteiger partial charge in [-0.2, -0.15) is 0 Å². The molecule has 0 aliphatic carbocycles. The first-order valence-electron chi connectivity index (χ1n) is 15.1. The highest BCUT2D eigenvalue weighted by atomic mass is 16.2. The minimum Gasteiger partial charge on any atom is -0.353 e. The van der Waals surface area contributed by atoms with Crippen LogP contribution in [-0.4, -0.2) is 46.6 Å². The Morgan fingerprint density at radius 3 is 1.69 bits per heavy atom. The van der Waals surface area contributed by atoms with Gasteiger partial charge in [0.15, 0.2) is 0 Å². The minimum atomic E-state index is -0.413. The molecule has 228 valence electrons. The number of nitrogens with zero attached hydrogens (tertiary/aromatic N) is 3. The summed E-state index contributed by atoms with van der Waals surface area (Å²) in [5.74, 6) is -0.155. The van der Waals surface area contributed by atoms with Crippen molar-refractivity contribution in [1.29, 1.82) is 0 Å². The molecule has 0 aliphatic rings. The maximum Gasteiger partial charge on any atom is 0.275 e. The molecule has 0 fully saturated rings. The SMILES string of the molecule is CN(CCNC(=O)Cn1c(=O)c(=Cc2ccccc2)n(C)c(=O)c1=Cc1ccccc1)CC(c1ccccc1)c1ccccc1. The Balaban J connectivity index is 1.36. The van der Waals surface area contributed by atoms with E-state index in [1.165, 1.54) is 20.3 Å². The third kappa shape index (κ3) is 8.02. The van der Waals surface area contributed by atoms with Gasteiger partial charge in [-0.3, -0.25) is 19.0 Å². The number of aromatic nitrogens is 2. The molecule has 0 bridgehead atoms. The van der Waals surface area contributed by atoms with E-state index < -0.39 is 5.56 Å². The van der Waals surface area contributed by atoms with Gasteiger partial charge in [0.1, 0.15) is 17.2 Å². The van der Waals surface area contributed by atoms with E-state index in [0.717, 1.165) is 17.7 Å². The average molecular weight is 599 g/mol. The highest BCUT2D eigenvalue weighted by molar-refractivity contribution is 5.75. The average Bonchev–Trinajstić information content (AvgIpc) is 3.08. The van der Waals surface area contributed by atoms with Crippen LogP contribution in [0.1, 0.15) is 28.2 Å². The van der Waals surface area contributed by atoms with Crippen molar-refractivity contribution in [2.75, 3.05) is 26.7 Å². The molecule has 0 spiro atoms. The number of hydrogen-bond donors (Lipinski definition) is 1. The van der Waals surface area contributed by atoms with E-state index in [4.69, 9.17) is 0 Å². The molecule has 1 N–H and O–H groups in total. The lowest BCUT2D eigenvalue weighted by Gasteiger charge is -2.25. The van der Waals surface area contributed by atoms with E-state index in [-0.39, 0.29) is 34.6 Å². The first kappa shape index (κ1) is 31.2. The third-order valence-corrected chi connectivity index (χ3v) is 7.86. The number of likely N-dealkylation sites (N-methyl/N-ethyl adjacent to an activating group) is 1. The van der Waals surface area contributed by atoms with Crippen LogP contribution in [0.15, 0.2) is 131 Å². The molecule has 1 amide bonds. The van der Waals surface area contributed by atoms with Gasteiger partial charge in [-0.05, 0) is 41.5 Å². The fourth-order valence-electron chi connectivity index (χ4n) is 5.42. The topological polar surface area (TPSA) is 76.3 Å². The second-order valence-electron chi connectivity index (χ2n) is 11.1. The number of carbonyl (C=O) groups is 1. The lowest BCUT2D eigenvalue weighted by atomic mass is 9.91. The van der Waals surface area contributed by atoms with Gasteiger partial charge in [0.25, 0.3) is 11.1 Å². The molecule has 1 heterocycles. The van der Waals surface area contributed by atoms with Crippen molar-refractivity contribution in [3.8, 4) is 0 Å². The molecule has 0 atom stereocenters. The van der Waals surface area contributed by atoms with Gasteiger partial charge in [-0.25, -0.2) is 0 Å². The predicted octanol–water partition coefficient (Wildman–Crippen LogP) is 3.08. The number of nitrogens with one attached hydrogen (secondary N) is 1. The maximum atomic E-state index is 13.8. The van der Waals surface area contributed by atoms with Crippen LogP contribution >= 0.6 is 0 Å². The van der Waals surface area contributed by atoms with Gasteiger partial charge >= 0.3 is 0 Å². The van der Waals surface area contributed by atoms with Crippen molar-refractivity contribution in [3.63, 3.8) is 0 Å². The summed E-state index contributed by atoms with van der Waals surface area (Å²) in [7, 11) is 3.62. The first-order valence-corrected chi connectivity index (χ1v) is 15.1. The Kier molecular flexibility index (Phi) is 10.4. The van der Waals surface area contributed by atoms with Crippen LogP contribution in [0, 0.1) is 0 Å². The summed E-state index contributed by atoms with van der Waals surface area (Å²) in [6.45, 7) is 1.51. The number of hydrogen-bond acceptors (Lipinski definition) is 4. The smallest absolute Gasteiger partial charge is 0.275 e. The molecule has 7 nitrogen and oxygen atoms in total. The fourth-order valence-corrected chi connectivity index (χ4v) is 5.42. The molecule has 0 saturated carbocycles. The van der Waals surface area contributed by atoms with Crippen LogP contribution in [0.2, 0.25) is 0 Å². The molecule has 7 heteroatoms. The summed E-state index contributed by atoms with van der Waals surface area (Å²) in [5, 5.41) is 3.32. The summed E-state index contributed by atoms with van der Waals surface area (Å²) in [5.41, 5.74) is 3.23. The summed E-state index contributed by atoms with van der Waals surface area (Å²) in [6, 6.07) is 39.5. The highest BCUT2D eigenvalue weighted by Gasteiger charge is 2.17. The molecule has 0 saturated heterocycles. The van der Waals surface area contributed by atoms with Gasteiger partial charge in [-0.1, -0.05) is 121 Å². The Bertz CT molecular complexity index is 1910. The molecule has 0 radical (unpaired) electrons. The first-order chi connectivity index (χ1) is 21.9. The zero-order valence-corrected chi connectivity index (χ0v) is 25.7. The third-order valence-electron chi connectivity index (χ3n) is 7.86. The monoisotopic (exact) mass is 598 g/mol. The number of benzene rings is 4. The zero-order valence-electron chi connectivity index (χ0n) is 25.7. The van der Waals surface area contributed by atoms with Crippen molar-refractivity contribution in [2.45, 2.75) is 12.5 Å². The summed E-state index contributed by atoms with van der Waals surface area (Å²) in [4.78, 5) is 42.9. The molecule has 0 unspecified atom stereocenters. The Labute approximate surface area is 263 Å². The van der Waals surface area contributed by atoms with Crippen molar-refractivity contribution in [1.82, 2.24) is 19.4 Å². The van der Waals surface area contributed by atoms with Crippen LogP contribution in [-0.2, 0) is 18.4 Å². The minimum absolute atomic E-state index is 0.153. The molecule has 4 aromatic carbocycles. The van der Waals surface area contributed by atoms with Gasteiger partial charge in [-0.15, -0.1) is 0 Å². The molecular weight excluding hydrogens is 560 g/mol. The molecule has 5 rings (SSSR count). The van der Waals surface area contributed by atoms with Crippen LogP contribution in [0.25, 0.3) is 12.2 Å². The largest absolute Gasteiger partial charge is 0.353 e. The molecule has 5 aromatic rings. The zero-order chi connectivity index (χ0) is 31.6. The molecule has 1 aromatic heterocycles. The Morgan fingerprint density at radius 1 is 0.711 bits per heavy atom. The van der Waals surface area contributed by atoms with E-state index in [1.807, 2.05) is 79.8 Å². The van der Waals surface area contributed by atoms with Crippen LogP contribution in [0.5, 0.6) is 0 Å². The van der Waals surface area contributed by atoms with E-state index in [0.29, 0.717) is 13.1 Å². The number of rotatable bonds is 11. The van der Waals surface area contributed by atoms with Gasteiger partial charge in [0.2, 0.25) is 5.91 Å². The fraction of sp³-hybridized carbons (Fsp3) is 0.184. The standard InChI is InChI=1S/C38H38N4O3/c1-40(27-33(31-19-11-5-12-20-31)32-21-13-6-14-22-32)24-23-39-36(43)28-42-35(26-30-17-9-4-10-18-30)37(44)41(2)34(38(42)45)25-29-15-7-3-8-16-29/h3-22,25-26,33H,23-24,27-28H2,1-2H3,(H,39,43). The van der Waals surface area contributed by atoms with Crippen LogP contribution in [0.4, 0.5) is 0 Å². The number of amides is 1. The summed E-state index contributed by atoms with van der Waals surface area (Å²) >= 11 is 0. The molecular formula is C38H38N4O3. The lowest BCUT2D eigenvalue weighted by molar-refractivity contribution is -0.121. The highest BCUT2D eigenvalue weighted by Crippen LogP contribution is 2.25. The molecule has 45 heavy (non-hydrogen) atoms. The Hall–Kier alpha value is -5.27. The molecule has 0 aliphatic heterocycles. The van der Waals surface area contributed by atoms with Crippen LogP contribution < -0.4 is 27.1 Å². The van der Waals surface area contributed by atoms with Gasteiger partial charge in [0.05, 0.1) is 0 Å². The number of carbonyl (C=O) groups excluding carboxylic acids is 1. The second kappa shape index (κ2) is 14.9. The predicted molar refractivity (Wildman–Crippen MR) is 180 cm³/mol. The van der Waals surface area contributed by atoms with E-state index in [1.54, 1.807) is 19.2 Å². The summed E-state index contributed by atoms with van der Waals surface area (Å²) in [6.07, 6.45) is 3.33. The maximum absolute atomic E-state index is 13.8. The second-order valence-corrected chi connectivity index (χ2v) is 11.1. The quantitative estimate of drug-likeness (QED) is 0.254. The Morgan fingerprint density at radius 2 is 1.18 bits per heavy atom. The van der Waals surface area contributed by atoms with Crippen molar-refractivity contribution >= 4 is 18.1 Å². The van der Waals surface area contributed by atoms with E-state index >= 15 is 0 Å². The normalized spacial score (nSPS) is 12.2. The van der Waals surface area contributed by atoms with Gasteiger partial charge in [0, 0.05) is 32.6 Å². The van der Waals surface area contributed by atoms with Gasteiger partial charge < -0.3 is 14.8 Å². The van der Waals surface area contributed by atoms with E-state index in [2.05, 4.69) is 58.7 Å². The van der Waals surface area contributed by atoms with Crippen molar-refractivity contribution in [2.24, 2.45) is 7.05 Å². The summed E-state index contributed by atoms with van der Waals surface area (Å²) < 4.78 is 2.63.